The van der Waals surface area contributed by atoms with Gasteiger partial charge in [0, 0.05) is 5.57 Å². The van der Waals surface area contributed by atoms with Crippen LogP contribution in [0, 0.1) is 0 Å². The van der Waals surface area contributed by atoms with Crippen molar-refractivity contribution >= 4 is 45.2 Å². The second-order valence-corrected chi connectivity index (χ2v) is 15.8. The summed E-state index contributed by atoms with van der Waals surface area (Å²) in [5.74, 6) is -0.274. The van der Waals surface area contributed by atoms with Crippen molar-refractivity contribution in [2.45, 2.75) is 90.0 Å². The summed E-state index contributed by atoms with van der Waals surface area (Å²) in [4.78, 5) is 11.2. The van der Waals surface area contributed by atoms with Crippen LogP contribution in [0.1, 0.15) is 84.0 Å². The van der Waals surface area contributed by atoms with Crippen LogP contribution < -0.4 is 0 Å². The molecule has 0 bridgehead atoms. The minimum absolute atomic E-state index is 0.274. The van der Waals surface area contributed by atoms with Gasteiger partial charge in [-0.2, -0.15) is 0 Å². The molecule has 0 aliphatic rings. The molecule has 0 aromatic rings. The third kappa shape index (κ3) is 18.6. The number of hydrogen-bond acceptors (Lipinski definition) is 2. The maximum absolute atomic E-state index is 11.2. The minimum atomic E-state index is -2.38. The average molecular weight is 416 g/mol. The van der Waals surface area contributed by atoms with Crippen molar-refractivity contribution in [3.8, 4) is 0 Å². The molecule has 0 saturated heterocycles. The molecule has 6 heteroatoms. The highest BCUT2D eigenvalue weighted by molar-refractivity contribution is 7.64. The van der Waals surface area contributed by atoms with E-state index in [-0.39, 0.29) is 5.97 Å². The smallest absolute Gasteiger partial charge is 0.341 e. The number of hydrogen-bond donors (Lipinski definition) is 0. The van der Waals surface area contributed by atoms with Crippen LogP contribution in [0.4, 0.5) is 0 Å². The molecule has 0 amide bonds. The van der Waals surface area contributed by atoms with Crippen LogP contribution >= 0.6 is 33.2 Å². The van der Waals surface area contributed by atoms with Crippen LogP contribution in [-0.4, -0.2) is 18.6 Å². The summed E-state index contributed by atoms with van der Waals surface area (Å²) in [7, 11) is 0. The molecule has 0 aromatic heterocycles. The van der Waals surface area contributed by atoms with Gasteiger partial charge in [-0.3, -0.25) is 0 Å². The third-order valence-corrected chi connectivity index (χ3v) is 6.56. The first-order chi connectivity index (χ1) is 11.3. The lowest BCUT2D eigenvalue weighted by atomic mass is 10.1. The Balaban J connectivity index is 3.13. The van der Waals surface area contributed by atoms with Crippen molar-refractivity contribution in [1.82, 2.24) is 0 Å². The molecule has 0 rings (SSSR count). The zero-order chi connectivity index (χ0) is 18.3. The number of carbonyl (C=O) groups is 1. The van der Waals surface area contributed by atoms with Crippen LogP contribution in [0.3, 0.4) is 0 Å². The van der Waals surface area contributed by atoms with Crippen molar-refractivity contribution in [2.75, 3.05) is 6.61 Å². The Hall–Kier alpha value is 0.297. The molecule has 24 heavy (non-hydrogen) atoms. The van der Waals surface area contributed by atoms with Crippen LogP contribution in [0.2, 0.25) is 6.04 Å². The predicted octanol–water partition coefficient (Wildman–Crippen LogP) is 7.44. The Bertz CT molecular complexity index is 344. The van der Waals surface area contributed by atoms with E-state index in [4.69, 9.17) is 38.0 Å². The van der Waals surface area contributed by atoms with Gasteiger partial charge >= 0.3 is 12.0 Å². The normalized spacial score (nSPS) is 11.5. The summed E-state index contributed by atoms with van der Waals surface area (Å²) < 4.78 is 5.06. The first-order valence-electron chi connectivity index (χ1n) is 9.22. The molecule has 0 unspecified atom stereocenters. The van der Waals surface area contributed by atoms with Crippen LogP contribution in [0.15, 0.2) is 12.2 Å². The number of carbonyl (C=O) groups excluding carboxylic acids is 1. The van der Waals surface area contributed by atoms with Gasteiger partial charge in [-0.15, -0.1) is 33.2 Å². The Morgan fingerprint density at radius 3 is 1.54 bits per heavy atom. The Kier molecular flexibility index (Phi) is 15.7. The number of unbranched alkanes of at least 4 members (excludes halogenated alkanes) is 11. The molecule has 0 N–H and O–H groups in total. The van der Waals surface area contributed by atoms with E-state index < -0.39 is 6.00 Å². The highest BCUT2D eigenvalue weighted by Gasteiger charge is 2.23. The van der Waals surface area contributed by atoms with E-state index in [1.807, 2.05) is 0 Å². The predicted molar refractivity (Wildman–Crippen MR) is 109 cm³/mol. The van der Waals surface area contributed by atoms with Crippen molar-refractivity contribution in [1.29, 1.82) is 0 Å². The molecule has 0 aliphatic carbocycles. The molecular weight excluding hydrogens is 383 g/mol. The SMILES string of the molecule is C=C(C)C(=O)OCCCCCCCCCCCCCC[Si](Cl)(Cl)Cl. The van der Waals surface area contributed by atoms with E-state index in [1.165, 1.54) is 57.8 Å². The maximum Gasteiger partial charge on any atom is 0.341 e. The van der Waals surface area contributed by atoms with Crippen molar-refractivity contribution in [3.63, 3.8) is 0 Å². The van der Waals surface area contributed by atoms with Crippen LogP contribution in [0.5, 0.6) is 0 Å². The largest absolute Gasteiger partial charge is 0.462 e. The van der Waals surface area contributed by atoms with Gasteiger partial charge in [0.15, 0.2) is 0 Å². The number of halogens is 3. The minimum Gasteiger partial charge on any atom is -0.462 e. The van der Waals surface area contributed by atoms with E-state index in [2.05, 4.69) is 6.58 Å². The van der Waals surface area contributed by atoms with Gasteiger partial charge in [-0.1, -0.05) is 77.2 Å². The molecular formula is C18H33Cl3O2Si. The molecule has 0 atom stereocenters. The van der Waals surface area contributed by atoms with Gasteiger partial charge < -0.3 is 4.74 Å². The Morgan fingerprint density at radius 2 is 1.17 bits per heavy atom. The van der Waals surface area contributed by atoms with Crippen molar-refractivity contribution < 1.29 is 9.53 Å². The van der Waals surface area contributed by atoms with Gasteiger partial charge in [-0.25, -0.2) is 4.79 Å². The lowest BCUT2D eigenvalue weighted by Gasteiger charge is -2.07. The molecule has 0 aromatic carbocycles. The molecule has 0 heterocycles. The number of ether oxygens (including phenoxy) is 1. The van der Waals surface area contributed by atoms with E-state index in [0.29, 0.717) is 12.2 Å². The zero-order valence-electron chi connectivity index (χ0n) is 15.1. The first-order valence-corrected chi connectivity index (χ1v) is 14.5. The third-order valence-electron chi connectivity index (χ3n) is 3.94. The summed E-state index contributed by atoms with van der Waals surface area (Å²) >= 11 is 17.6. The highest BCUT2D eigenvalue weighted by atomic mass is 35.8. The Morgan fingerprint density at radius 1 is 0.792 bits per heavy atom. The van der Waals surface area contributed by atoms with Crippen LogP contribution in [-0.2, 0) is 9.53 Å². The second-order valence-electron chi connectivity index (χ2n) is 6.52. The number of esters is 1. The van der Waals surface area contributed by atoms with Crippen molar-refractivity contribution in [2.24, 2.45) is 0 Å². The molecule has 142 valence electrons. The fourth-order valence-corrected chi connectivity index (χ4v) is 4.34. The summed E-state index contributed by atoms with van der Waals surface area (Å²) in [6, 6.07) is -1.59. The molecule has 0 saturated carbocycles. The summed E-state index contributed by atoms with van der Waals surface area (Å²) in [6.07, 6.45) is 14.7. The van der Waals surface area contributed by atoms with Crippen molar-refractivity contribution in [3.05, 3.63) is 12.2 Å². The molecule has 0 spiro atoms. The van der Waals surface area contributed by atoms with Gasteiger partial charge in [0.2, 0.25) is 0 Å². The van der Waals surface area contributed by atoms with Gasteiger partial charge in [0.05, 0.1) is 6.61 Å². The average Bonchev–Trinajstić information content (AvgIpc) is 2.49. The van der Waals surface area contributed by atoms with E-state index in [1.54, 1.807) is 6.92 Å². The lowest BCUT2D eigenvalue weighted by Crippen LogP contribution is -2.07. The first kappa shape index (κ1) is 24.3. The molecule has 0 radical (unpaired) electrons. The van der Waals surface area contributed by atoms with Gasteiger partial charge in [0.1, 0.15) is 0 Å². The highest BCUT2D eigenvalue weighted by Crippen LogP contribution is 2.27. The Labute approximate surface area is 163 Å². The monoisotopic (exact) mass is 414 g/mol. The summed E-state index contributed by atoms with van der Waals surface area (Å²) in [6.45, 7) is 5.76. The molecule has 0 fully saturated rings. The van der Waals surface area contributed by atoms with Gasteiger partial charge in [0.25, 0.3) is 0 Å². The zero-order valence-corrected chi connectivity index (χ0v) is 18.3. The lowest BCUT2D eigenvalue weighted by molar-refractivity contribution is -0.139. The fraction of sp³-hybridized carbons (Fsp3) is 0.833. The fourth-order valence-electron chi connectivity index (χ4n) is 2.48. The molecule has 0 aliphatic heterocycles. The number of rotatable bonds is 16. The second kappa shape index (κ2) is 15.5. The van der Waals surface area contributed by atoms with Crippen LogP contribution in [0.25, 0.3) is 0 Å². The van der Waals surface area contributed by atoms with E-state index in [9.17, 15) is 4.79 Å². The quantitative estimate of drug-likeness (QED) is 0.0860. The summed E-state index contributed by atoms with van der Waals surface area (Å²) in [5, 5.41) is 0. The van der Waals surface area contributed by atoms with Gasteiger partial charge in [-0.05, 0) is 19.4 Å². The van der Waals surface area contributed by atoms with E-state index >= 15 is 0 Å². The summed E-state index contributed by atoms with van der Waals surface area (Å²) in [5.41, 5.74) is 0.474. The topological polar surface area (TPSA) is 26.3 Å². The molecule has 2 nitrogen and oxygen atoms in total. The van der Waals surface area contributed by atoms with E-state index in [0.717, 1.165) is 25.3 Å². The standard InChI is InChI=1S/C18H33Cl3O2Si/c1-17(2)18(22)23-15-13-11-9-7-5-3-4-6-8-10-12-14-16-24(19,20)21/h1,3-16H2,2H3. The maximum atomic E-state index is 11.2.